The minimum Gasteiger partial charge on any atom is -0.382 e. The standard InChI is InChI=1S/C12H14N6S2/c1-6(11-14-3-4-15-11)16-12-9(10(13)18-20-12)8-5-19-7(2)17-8/h3-6,16H,1-2H3,(H2,13,18)(H,14,15). The van der Waals surface area contributed by atoms with E-state index in [1.54, 1.807) is 23.7 Å². The zero-order valence-corrected chi connectivity index (χ0v) is 12.7. The molecule has 8 heteroatoms. The Morgan fingerprint density at radius 2 is 2.30 bits per heavy atom. The van der Waals surface area contributed by atoms with Crippen molar-refractivity contribution in [2.24, 2.45) is 0 Å². The van der Waals surface area contributed by atoms with Crippen LogP contribution in [0, 0.1) is 6.92 Å². The average molecular weight is 306 g/mol. The van der Waals surface area contributed by atoms with Gasteiger partial charge < -0.3 is 16.0 Å². The summed E-state index contributed by atoms with van der Waals surface area (Å²) < 4.78 is 4.23. The van der Waals surface area contributed by atoms with Crippen LogP contribution in [0.1, 0.15) is 23.8 Å². The van der Waals surface area contributed by atoms with Gasteiger partial charge in [0.05, 0.1) is 22.3 Å². The van der Waals surface area contributed by atoms with Gasteiger partial charge in [0.15, 0.2) is 0 Å². The fraction of sp³-hybridized carbons (Fsp3) is 0.250. The Kier molecular flexibility index (Phi) is 3.41. The fourth-order valence-corrected chi connectivity index (χ4v) is 3.32. The van der Waals surface area contributed by atoms with Gasteiger partial charge in [0.25, 0.3) is 0 Å². The molecular weight excluding hydrogens is 292 g/mol. The number of nitrogens with one attached hydrogen (secondary N) is 2. The number of rotatable bonds is 4. The molecule has 0 bridgehead atoms. The minimum atomic E-state index is 0.0448. The van der Waals surface area contributed by atoms with E-state index in [-0.39, 0.29) is 6.04 Å². The molecule has 0 amide bonds. The lowest BCUT2D eigenvalue weighted by Crippen LogP contribution is -2.08. The summed E-state index contributed by atoms with van der Waals surface area (Å²) in [7, 11) is 0. The molecule has 4 N–H and O–H groups in total. The third-order valence-electron chi connectivity index (χ3n) is 2.87. The maximum Gasteiger partial charge on any atom is 0.148 e. The number of aromatic nitrogens is 4. The number of hydrogen-bond acceptors (Lipinski definition) is 7. The number of aryl methyl sites for hydroxylation is 1. The van der Waals surface area contributed by atoms with Crippen molar-refractivity contribution in [2.45, 2.75) is 19.9 Å². The molecule has 0 aliphatic heterocycles. The highest BCUT2D eigenvalue weighted by Gasteiger charge is 2.18. The molecule has 0 aliphatic rings. The molecule has 3 aromatic rings. The first-order chi connectivity index (χ1) is 9.65. The smallest absolute Gasteiger partial charge is 0.148 e. The lowest BCUT2D eigenvalue weighted by molar-refractivity contribution is 0.813. The van der Waals surface area contributed by atoms with E-state index in [4.69, 9.17) is 5.73 Å². The first-order valence-corrected chi connectivity index (χ1v) is 7.74. The molecule has 1 unspecified atom stereocenters. The zero-order valence-electron chi connectivity index (χ0n) is 11.0. The number of nitrogens with two attached hydrogens (primary N) is 1. The zero-order chi connectivity index (χ0) is 14.1. The first kappa shape index (κ1) is 13.1. The van der Waals surface area contributed by atoms with Crippen LogP contribution in [0.25, 0.3) is 11.3 Å². The largest absolute Gasteiger partial charge is 0.382 e. The number of thiazole rings is 1. The highest BCUT2D eigenvalue weighted by atomic mass is 32.1. The second kappa shape index (κ2) is 5.22. The Labute approximate surface area is 124 Å². The molecule has 0 radical (unpaired) electrons. The van der Waals surface area contributed by atoms with Crippen molar-refractivity contribution in [3.8, 4) is 11.3 Å². The van der Waals surface area contributed by atoms with Crippen molar-refractivity contribution in [1.82, 2.24) is 19.3 Å². The van der Waals surface area contributed by atoms with E-state index in [1.807, 2.05) is 19.2 Å². The van der Waals surface area contributed by atoms with Crippen LogP contribution in [-0.2, 0) is 0 Å². The van der Waals surface area contributed by atoms with Gasteiger partial charge in [-0.1, -0.05) is 0 Å². The third-order valence-corrected chi connectivity index (χ3v) is 4.44. The number of anilines is 2. The molecule has 20 heavy (non-hydrogen) atoms. The van der Waals surface area contributed by atoms with E-state index in [1.165, 1.54) is 11.5 Å². The van der Waals surface area contributed by atoms with E-state index in [2.05, 4.69) is 24.6 Å². The van der Waals surface area contributed by atoms with Crippen LogP contribution >= 0.6 is 22.9 Å². The molecular formula is C12H14N6S2. The Hall–Kier alpha value is -1.93. The molecule has 0 aromatic carbocycles. The van der Waals surface area contributed by atoms with Crippen LogP contribution in [0.15, 0.2) is 17.8 Å². The molecule has 0 saturated heterocycles. The van der Waals surface area contributed by atoms with Gasteiger partial charge in [-0.25, -0.2) is 9.97 Å². The normalized spacial score (nSPS) is 12.5. The lowest BCUT2D eigenvalue weighted by atomic mass is 10.2. The second-order valence-electron chi connectivity index (χ2n) is 4.36. The summed E-state index contributed by atoms with van der Waals surface area (Å²) >= 11 is 2.94. The van der Waals surface area contributed by atoms with E-state index in [9.17, 15) is 0 Å². The predicted molar refractivity (Wildman–Crippen MR) is 83.0 cm³/mol. The van der Waals surface area contributed by atoms with Gasteiger partial charge in [-0.15, -0.1) is 11.3 Å². The number of nitrogens with zero attached hydrogens (tertiary/aromatic N) is 3. The van der Waals surface area contributed by atoms with Crippen molar-refractivity contribution in [3.05, 3.63) is 28.6 Å². The Bertz CT molecular complexity index is 699. The SMILES string of the molecule is Cc1nc(-c2c(N)nsc2NC(C)c2ncc[nH]2)cs1. The van der Waals surface area contributed by atoms with E-state index in [0.29, 0.717) is 5.82 Å². The summed E-state index contributed by atoms with van der Waals surface area (Å²) in [4.78, 5) is 11.8. The highest BCUT2D eigenvalue weighted by molar-refractivity contribution is 7.11. The summed E-state index contributed by atoms with van der Waals surface area (Å²) in [5, 5.41) is 7.31. The molecule has 0 saturated carbocycles. The van der Waals surface area contributed by atoms with Crippen LogP contribution < -0.4 is 11.1 Å². The number of imidazole rings is 1. The molecule has 0 fully saturated rings. The lowest BCUT2D eigenvalue weighted by Gasteiger charge is -2.12. The van der Waals surface area contributed by atoms with Gasteiger partial charge in [0.2, 0.25) is 0 Å². The molecule has 3 aromatic heterocycles. The molecule has 0 aliphatic carbocycles. The minimum absolute atomic E-state index is 0.0448. The summed E-state index contributed by atoms with van der Waals surface area (Å²) in [5.41, 5.74) is 7.72. The monoisotopic (exact) mass is 306 g/mol. The van der Waals surface area contributed by atoms with Crippen LogP contribution in [0.4, 0.5) is 10.8 Å². The van der Waals surface area contributed by atoms with Crippen molar-refractivity contribution >= 4 is 33.7 Å². The van der Waals surface area contributed by atoms with Gasteiger partial charge >= 0.3 is 0 Å². The molecule has 0 spiro atoms. The van der Waals surface area contributed by atoms with Gasteiger partial charge in [0.1, 0.15) is 16.6 Å². The van der Waals surface area contributed by atoms with Crippen LogP contribution in [0.5, 0.6) is 0 Å². The predicted octanol–water partition coefficient (Wildman–Crippen LogP) is 3.05. The van der Waals surface area contributed by atoms with Crippen molar-refractivity contribution in [2.75, 3.05) is 11.1 Å². The van der Waals surface area contributed by atoms with E-state index < -0.39 is 0 Å². The Morgan fingerprint density at radius 1 is 1.45 bits per heavy atom. The van der Waals surface area contributed by atoms with Crippen molar-refractivity contribution < 1.29 is 0 Å². The molecule has 3 heterocycles. The summed E-state index contributed by atoms with van der Waals surface area (Å²) in [6.07, 6.45) is 3.54. The maximum absolute atomic E-state index is 5.98. The summed E-state index contributed by atoms with van der Waals surface area (Å²) in [6, 6.07) is 0.0448. The topological polar surface area (TPSA) is 92.5 Å². The molecule has 1 atom stereocenters. The molecule has 6 nitrogen and oxygen atoms in total. The van der Waals surface area contributed by atoms with Gasteiger partial charge in [0, 0.05) is 17.8 Å². The van der Waals surface area contributed by atoms with E-state index >= 15 is 0 Å². The van der Waals surface area contributed by atoms with Gasteiger partial charge in [-0.3, -0.25) is 0 Å². The number of H-pyrrole nitrogens is 1. The van der Waals surface area contributed by atoms with Crippen LogP contribution in [0.2, 0.25) is 0 Å². The molecule has 3 rings (SSSR count). The van der Waals surface area contributed by atoms with E-state index in [0.717, 1.165) is 27.1 Å². The van der Waals surface area contributed by atoms with Crippen LogP contribution in [0.3, 0.4) is 0 Å². The first-order valence-electron chi connectivity index (χ1n) is 6.08. The van der Waals surface area contributed by atoms with Crippen molar-refractivity contribution in [3.63, 3.8) is 0 Å². The summed E-state index contributed by atoms with van der Waals surface area (Å²) in [5.74, 6) is 1.38. The summed E-state index contributed by atoms with van der Waals surface area (Å²) in [6.45, 7) is 4.01. The number of nitrogen functional groups attached to an aromatic ring is 1. The maximum atomic E-state index is 5.98. The van der Waals surface area contributed by atoms with Gasteiger partial charge in [-0.2, -0.15) is 4.37 Å². The highest BCUT2D eigenvalue weighted by Crippen LogP contribution is 2.38. The number of aromatic amines is 1. The Balaban J connectivity index is 1.91. The fourth-order valence-electron chi connectivity index (χ4n) is 1.91. The second-order valence-corrected chi connectivity index (χ2v) is 6.20. The Morgan fingerprint density at radius 3 is 2.95 bits per heavy atom. The van der Waals surface area contributed by atoms with Crippen molar-refractivity contribution in [1.29, 1.82) is 0 Å². The van der Waals surface area contributed by atoms with Crippen LogP contribution in [-0.4, -0.2) is 19.3 Å². The number of hydrogen-bond donors (Lipinski definition) is 3. The molecule has 104 valence electrons. The average Bonchev–Trinajstić information content (AvgIpc) is 3.11. The quantitative estimate of drug-likeness (QED) is 0.689. The third kappa shape index (κ3) is 2.39. The van der Waals surface area contributed by atoms with Gasteiger partial charge in [-0.05, 0) is 25.4 Å².